The SMILES string of the molecule is CC.CCCCC=N. The van der Waals surface area contributed by atoms with Crippen molar-refractivity contribution >= 4 is 6.21 Å². The van der Waals surface area contributed by atoms with Crippen molar-refractivity contribution in [3.05, 3.63) is 0 Å². The van der Waals surface area contributed by atoms with Gasteiger partial charge in [0, 0.05) is 0 Å². The molecule has 0 aliphatic rings. The van der Waals surface area contributed by atoms with E-state index < -0.39 is 0 Å². The summed E-state index contributed by atoms with van der Waals surface area (Å²) >= 11 is 0. The Balaban J connectivity index is 0. The number of rotatable bonds is 3. The Kier molecular flexibility index (Phi) is 21.1. The summed E-state index contributed by atoms with van der Waals surface area (Å²) in [6.07, 6.45) is 4.79. The Morgan fingerprint density at radius 2 is 1.88 bits per heavy atom. The molecule has 1 nitrogen and oxygen atoms in total. The first-order chi connectivity index (χ1) is 3.91. The molecular formula is C7H17N. The largest absolute Gasteiger partial charge is 0.313 e. The molecule has 0 radical (unpaired) electrons. The molecule has 1 N–H and O–H groups in total. The Morgan fingerprint density at radius 3 is 2.00 bits per heavy atom. The van der Waals surface area contributed by atoms with Crippen molar-refractivity contribution in [2.75, 3.05) is 0 Å². The lowest BCUT2D eigenvalue weighted by molar-refractivity contribution is 0.841. The molecular weight excluding hydrogens is 98.1 g/mol. The normalized spacial score (nSPS) is 6.88. The van der Waals surface area contributed by atoms with Gasteiger partial charge >= 0.3 is 0 Å². The highest BCUT2D eigenvalue weighted by molar-refractivity contribution is 5.52. The minimum atomic E-state index is 0.955. The van der Waals surface area contributed by atoms with Gasteiger partial charge in [-0.25, -0.2) is 0 Å². The first-order valence-corrected chi connectivity index (χ1v) is 3.40. The van der Waals surface area contributed by atoms with E-state index in [2.05, 4.69) is 6.92 Å². The van der Waals surface area contributed by atoms with E-state index in [9.17, 15) is 0 Å². The Hall–Kier alpha value is -0.330. The lowest BCUT2D eigenvalue weighted by Crippen LogP contribution is -1.69. The maximum atomic E-state index is 6.58. The van der Waals surface area contributed by atoms with Crippen LogP contribution in [0.15, 0.2) is 0 Å². The monoisotopic (exact) mass is 115 g/mol. The zero-order valence-corrected chi connectivity index (χ0v) is 6.20. The van der Waals surface area contributed by atoms with E-state index in [1.807, 2.05) is 13.8 Å². The fourth-order valence-electron chi connectivity index (χ4n) is 0.306. The summed E-state index contributed by atoms with van der Waals surface area (Å²) in [7, 11) is 0. The summed E-state index contributed by atoms with van der Waals surface area (Å²) in [6, 6.07) is 0. The fraction of sp³-hybridized carbons (Fsp3) is 0.857. The van der Waals surface area contributed by atoms with E-state index in [1.54, 1.807) is 0 Å². The van der Waals surface area contributed by atoms with Gasteiger partial charge < -0.3 is 5.41 Å². The van der Waals surface area contributed by atoms with E-state index in [0.29, 0.717) is 0 Å². The van der Waals surface area contributed by atoms with Gasteiger partial charge in [0.2, 0.25) is 0 Å². The van der Waals surface area contributed by atoms with Crippen LogP contribution in [-0.2, 0) is 0 Å². The number of unbranched alkanes of at least 4 members (excludes halogenated alkanes) is 2. The third-order valence-corrected chi connectivity index (χ3v) is 0.702. The van der Waals surface area contributed by atoms with E-state index in [4.69, 9.17) is 5.41 Å². The van der Waals surface area contributed by atoms with Crippen molar-refractivity contribution in [2.24, 2.45) is 0 Å². The lowest BCUT2D eigenvalue weighted by Gasteiger charge is -1.80. The summed E-state index contributed by atoms with van der Waals surface area (Å²) in [4.78, 5) is 0. The lowest BCUT2D eigenvalue weighted by atomic mass is 10.3. The van der Waals surface area contributed by atoms with Crippen LogP contribution in [0.5, 0.6) is 0 Å². The van der Waals surface area contributed by atoms with Gasteiger partial charge in [-0.1, -0.05) is 27.2 Å². The standard InChI is InChI=1S/C5H11N.C2H6/c1-2-3-4-5-6;1-2/h5-6H,2-4H2,1H3;1-2H3. The third kappa shape index (κ3) is 17.3. The average molecular weight is 115 g/mol. The van der Waals surface area contributed by atoms with Gasteiger partial charge in [0.15, 0.2) is 0 Å². The number of hydrogen-bond donors (Lipinski definition) is 1. The van der Waals surface area contributed by atoms with E-state index in [1.165, 1.54) is 19.1 Å². The number of nitrogens with one attached hydrogen (secondary N) is 1. The van der Waals surface area contributed by atoms with Crippen LogP contribution in [-0.4, -0.2) is 6.21 Å². The second-order valence-electron chi connectivity index (χ2n) is 1.35. The Labute approximate surface area is 52.6 Å². The van der Waals surface area contributed by atoms with Gasteiger partial charge in [-0.15, -0.1) is 0 Å². The molecule has 0 aromatic rings. The summed E-state index contributed by atoms with van der Waals surface area (Å²) in [5, 5.41) is 6.58. The van der Waals surface area contributed by atoms with Crippen LogP contribution in [0.4, 0.5) is 0 Å². The van der Waals surface area contributed by atoms with Crippen LogP contribution in [0.25, 0.3) is 0 Å². The van der Waals surface area contributed by atoms with Crippen LogP contribution in [0.2, 0.25) is 0 Å². The minimum absolute atomic E-state index is 0.955. The predicted molar refractivity (Wildman–Crippen MR) is 39.7 cm³/mol. The Morgan fingerprint density at radius 1 is 1.38 bits per heavy atom. The maximum absolute atomic E-state index is 6.58. The molecule has 0 amide bonds. The van der Waals surface area contributed by atoms with Crippen LogP contribution >= 0.6 is 0 Å². The van der Waals surface area contributed by atoms with E-state index >= 15 is 0 Å². The second kappa shape index (κ2) is 15.9. The zero-order chi connectivity index (χ0) is 6.83. The van der Waals surface area contributed by atoms with Crippen molar-refractivity contribution < 1.29 is 0 Å². The summed E-state index contributed by atoms with van der Waals surface area (Å²) in [6.45, 7) is 6.13. The van der Waals surface area contributed by atoms with Gasteiger partial charge in [-0.3, -0.25) is 0 Å². The molecule has 0 aromatic carbocycles. The molecule has 0 fully saturated rings. The highest BCUT2D eigenvalue weighted by atomic mass is 14.3. The first kappa shape index (κ1) is 10.6. The smallest absolute Gasteiger partial charge is 0.00478 e. The molecule has 0 aromatic heterocycles. The van der Waals surface area contributed by atoms with Gasteiger partial charge in [-0.05, 0) is 19.1 Å². The van der Waals surface area contributed by atoms with Crippen molar-refractivity contribution in [1.82, 2.24) is 0 Å². The van der Waals surface area contributed by atoms with Crippen molar-refractivity contribution in [3.8, 4) is 0 Å². The summed E-state index contributed by atoms with van der Waals surface area (Å²) in [5.74, 6) is 0. The minimum Gasteiger partial charge on any atom is -0.313 e. The summed E-state index contributed by atoms with van der Waals surface area (Å²) in [5.41, 5.74) is 0. The fourth-order valence-corrected chi connectivity index (χ4v) is 0.306. The molecule has 0 rings (SSSR count). The number of hydrogen-bond acceptors (Lipinski definition) is 1. The molecule has 0 unspecified atom stereocenters. The average Bonchev–Trinajstić information content (AvgIpc) is 1.88. The highest BCUT2D eigenvalue weighted by Crippen LogP contribution is 1.87. The van der Waals surface area contributed by atoms with Crippen molar-refractivity contribution in [2.45, 2.75) is 40.0 Å². The molecule has 0 aliphatic carbocycles. The Bertz CT molecular complexity index is 33.4. The van der Waals surface area contributed by atoms with Crippen LogP contribution in [0, 0.1) is 5.41 Å². The predicted octanol–water partition coefficient (Wildman–Crippen LogP) is 2.85. The molecule has 0 atom stereocenters. The molecule has 0 saturated heterocycles. The van der Waals surface area contributed by atoms with Crippen LogP contribution in [0.1, 0.15) is 40.0 Å². The molecule has 0 saturated carbocycles. The molecule has 50 valence electrons. The third-order valence-electron chi connectivity index (χ3n) is 0.702. The van der Waals surface area contributed by atoms with E-state index in [0.717, 1.165) is 6.42 Å². The summed E-state index contributed by atoms with van der Waals surface area (Å²) < 4.78 is 0. The van der Waals surface area contributed by atoms with Crippen molar-refractivity contribution in [1.29, 1.82) is 5.41 Å². The topological polar surface area (TPSA) is 23.9 Å². The van der Waals surface area contributed by atoms with Gasteiger partial charge in [0.1, 0.15) is 0 Å². The highest BCUT2D eigenvalue weighted by Gasteiger charge is 1.72. The molecule has 1 heteroatoms. The molecule has 8 heavy (non-hydrogen) atoms. The quantitative estimate of drug-likeness (QED) is 0.432. The van der Waals surface area contributed by atoms with Gasteiger partial charge in [0.25, 0.3) is 0 Å². The molecule has 0 aliphatic heterocycles. The molecule has 0 heterocycles. The van der Waals surface area contributed by atoms with Crippen LogP contribution in [0.3, 0.4) is 0 Å². The molecule has 0 spiro atoms. The maximum Gasteiger partial charge on any atom is -0.00478 e. The van der Waals surface area contributed by atoms with Crippen LogP contribution < -0.4 is 0 Å². The second-order valence-corrected chi connectivity index (χ2v) is 1.35. The molecule has 0 bridgehead atoms. The first-order valence-electron chi connectivity index (χ1n) is 3.40. The van der Waals surface area contributed by atoms with Gasteiger partial charge in [0.05, 0.1) is 0 Å². The van der Waals surface area contributed by atoms with Gasteiger partial charge in [-0.2, -0.15) is 0 Å². The zero-order valence-electron chi connectivity index (χ0n) is 6.20. The van der Waals surface area contributed by atoms with E-state index in [-0.39, 0.29) is 0 Å². The van der Waals surface area contributed by atoms with Crippen molar-refractivity contribution in [3.63, 3.8) is 0 Å².